The van der Waals surface area contributed by atoms with Crippen LogP contribution in [0.25, 0.3) is 11.1 Å². The summed E-state index contributed by atoms with van der Waals surface area (Å²) in [6.07, 6.45) is 1.00. The number of carbonyl (C=O) groups is 2. The first-order chi connectivity index (χ1) is 15.8. The van der Waals surface area contributed by atoms with E-state index in [-0.39, 0.29) is 24.3 Å². The van der Waals surface area contributed by atoms with Gasteiger partial charge in [0.05, 0.1) is 19.1 Å². The highest BCUT2D eigenvalue weighted by molar-refractivity contribution is 5.91. The van der Waals surface area contributed by atoms with E-state index in [1.54, 1.807) is 19.1 Å². The number of aryl methyl sites for hydroxylation is 1. The third kappa shape index (κ3) is 5.76. The zero-order valence-electron chi connectivity index (χ0n) is 18.2. The van der Waals surface area contributed by atoms with Gasteiger partial charge < -0.3 is 25.0 Å². The molecule has 2 amide bonds. The van der Waals surface area contributed by atoms with E-state index < -0.39 is 35.2 Å². The molecule has 9 heteroatoms. The number of rotatable bonds is 7. The highest BCUT2D eigenvalue weighted by Crippen LogP contribution is 2.28. The fourth-order valence-electron chi connectivity index (χ4n) is 3.29. The highest BCUT2D eigenvalue weighted by atomic mass is 19.1. The monoisotopic (exact) mass is 453 g/mol. The van der Waals surface area contributed by atoms with Crippen LogP contribution < -0.4 is 16.2 Å². The van der Waals surface area contributed by atoms with Crippen molar-refractivity contribution in [3.8, 4) is 16.9 Å². The molecule has 0 aliphatic heterocycles. The number of halogens is 1. The topological polar surface area (TPSA) is 110 Å². The number of nitrogens with one attached hydrogen (secondary N) is 2. The summed E-state index contributed by atoms with van der Waals surface area (Å²) in [6, 6.07) is 12.9. The summed E-state index contributed by atoms with van der Waals surface area (Å²) in [5.41, 5.74) is 0.619. The van der Waals surface area contributed by atoms with Gasteiger partial charge in [-0.05, 0) is 36.2 Å². The van der Waals surface area contributed by atoms with Gasteiger partial charge in [-0.25, -0.2) is 9.18 Å². The Morgan fingerprint density at radius 1 is 1.12 bits per heavy atom. The summed E-state index contributed by atoms with van der Waals surface area (Å²) in [6.45, 7) is 1.76. The third-order valence-corrected chi connectivity index (χ3v) is 4.94. The predicted octanol–water partition coefficient (Wildman–Crippen LogP) is 3.71. The maximum absolute atomic E-state index is 14.8. The Labute approximate surface area is 189 Å². The number of hydrogen-bond acceptors (Lipinski definition) is 5. The van der Waals surface area contributed by atoms with Crippen molar-refractivity contribution in [1.82, 2.24) is 9.88 Å². The lowest BCUT2D eigenvalue weighted by Crippen LogP contribution is -2.36. The van der Waals surface area contributed by atoms with Crippen molar-refractivity contribution in [1.29, 1.82) is 0 Å². The SMILES string of the molecule is CCOC(=O)C[C@H](NC(=O)Nc1c(O)ccn(C)c1=O)c1cc(-c2ccccc2)ccc1F. The van der Waals surface area contributed by atoms with E-state index in [2.05, 4.69) is 10.6 Å². The van der Waals surface area contributed by atoms with E-state index in [0.29, 0.717) is 5.56 Å². The second kappa shape index (κ2) is 10.4. The number of benzene rings is 2. The van der Waals surface area contributed by atoms with Gasteiger partial charge in [-0.1, -0.05) is 36.4 Å². The number of carbonyl (C=O) groups excluding carboxylic acids is 2. The molecule has 0 radical (unpaired) electrons. The number of esters is 1. The van der Waals surface area contributed by atoms with Crippen molar-refractivity contribution in [2.24, 2.45) is 7.05 Å². The minimum Gasteiger partial charge on any atom is -0.505 e. The molecule has 0 unspecified atom stereocenters. The molecule has 0 bridgehead atoms. The number of hydrogen-bond donors (Lipinski definition) is 3. The van der Waals surface area contributed by atoms with Crippen LogP contribution in [0.3, 0.4) is 0 Å². The van der Waals surface area contributed by atoms with Crippen LogP contribution >= 0.6 is 0 Å². The van der Waals surface area contributed by atoms with Gasteiger partial charge in [-0.3, -0.25) is 9.59 Å². The van der Waals surface area contributed by atoms with Gasteiger partial charge in [0.15, 0.2) is 5.69 Å². The zero-order chi connectivity index (χ0) is 24.0. The van der Waals surface area contributed by atoms with Crippen molar-refractivity contribution in [3.05, 3.63) is 82.5 Å². The number of aromatic nitrogens is 1. The van der Waals surface area contributed by atoms with Crippen LogP contribution in [-0.2, 0) is 16.6 Å². The molecule has 0 saturated carbocycles. The van der Waals surface area contributed by atoms with E-state index in [1.807, 2.05) is 30.3 Å². The zero-order valence-corrected chi connectivity index (χ0v) is 18.2. The second-order valence-corrected chi connectivity index (χ2v) is 7.25. The minimum absolute atomic E-state index is 0.0738. The lowest BCUT2D eigenvalue weighted by Gasteiger charge is -2.20. The van der Waals surface area contributed by atoms with Crippen molar-refractivity contribution in [2.45, 2.75) is 19.4 Å². The summed E-state index contributed by atoms with van der Waals surface area (Å²) in [4.78, 5) is 37.1. The number of ether oxygens (including phenoxy) is 1. The number of pyridine rings is 1. The molecule has 0 aliphatic rings. The van der Waals surface area contributed by atoms with Gasteiger partial charge in [-0.15, -0.1) is 0 Å². The summed E-state index contributed by atoms with van der Waals surface area (Å²) < 4.78 is 21.0. The molecule has 3 rings (SSSR count). The molecule has 0 aliphatic carbocycles. The molecule has 2 aromatic carbocycles. The summed E-state index contributed by atoms with van der Waals surface area (Å²) in [7, 11) is 1.46. The Hall–Kier alpha value is -4.14. The summed E-state index contributed by atoms with van der Waals surface area (Å²) >= 11 is 0. The fraction of sp³-hybridized carbons (Fsp3) is 0.208. The minimum atomic E-state index is -1.09. The largest absolute Gasteiger partial charge is 0.505 e. The smallest absolute Gasteiger partial charge is 0.319 e. The maximum Gasteiger partial charge on any atom is 0.319 e. The average molecular weight is 453 g/mol. The van der Waals surface area contributed by atoms with Gasteiger partial charge >= 0.3 is 12.0 Å². The molecule has 8 nitrogen and oxygen atoms in total. The molecular weight excluding hydrogens is 429 g/mol. The number of urea groups is 1. The Kier molecular flexibility index (Phi) is 7.45. The Morgan fingerprint density at radius 2 is 1.85 bits per heavy atom. The van der Waals surface area contributed by atoms with Crippen LogP contribution in [0, 0.1) is 5.82 Å². The summed E-state index contributed by atoms with van der Waals surface area (Å²) in [5.74, 6) is -1.68. The molecule has 3 aromatic rings. The first kappa shape index (κ1) is 23.5. The maximum atomic E-state index is 14.8. The number of aromatic hydroxyl groups is 1. The molecule has 0 fully saturated rings. The van der Waals surface area contributed by atoms with E-state index in [0.717, 1.165) is 5.56 Å². The Morgan fingerprint density at radius 3 is 2.55 bits per heavy atom. The van der Waals surface area contributed by atoms with Crippen molar-refractivity contribution in [3.63, 3.8) is 0 Å². The lowest BCUT2D eigenvalue weighted by atomic mass is 9.97. The number of nitrogens with zero attached hydrogens (tertiary/aromatic N) is 1. The predicted molar refractivity (Wildman–Crippen MR) is 121 cm³/mol. The first-order valence-corrected chi connectivity index (χ1v) is 10.3. The van der Waals surface area contributed by atoms with Crippen LogP contribution in [0.5, 0.6) is 5.75 Å². The molecule has 1 heterocycles. The van der Waals surface area contributed by atoms with Crippen LogP contribution in [0.15, 0.2) is 65.6 Å². The normalized spacial score (nSPS) is 11.5. The Balaban J connectivity index is 1.92. The van der Waals surface area contributed by atoms with Crippen LogP contribution in [0.2, 0.25) is 0 Å². The molecular formula is C24H24FN3O5. The van der Waals surface area contributed by atoms with Gasteiger partial charge in [0.1, 0.15) is 11.6 Å². The summed E-state index contributed by atoms with van der Waals surface area (Å²) in [5, 5.41) is 14.7. The molecule has 1 aromatic heterocycles. The molecule has 0 spiro atoms. The van der Waals surface area contributed by atoms with E-state index >= 15 is 0 Å². The molecule has 1 atom stereocenters. The van der Waals surface area contributed by atoms with Gasteiger partial charge in [0.2, 0.25) is 0 Å². The van der Waals surface area contributed by atoms with Crippen LogP contribution in [-0.4, -0.2) is 28.3 Å². The molecule has 0 saturated heterocycles. The molecule has 172 valence electrons. The van der Waals surface area contributed by atoms with Gasteiger partial charge in [0.25, 0.3) is 5.56 Å². The molecule has 33 heavy (non-hydrogen) atoms. The van der Waals surface area contributed by atoms with E-state index in [9.17, 15) is 23.9 Å². The number of anilines is 1. The second-order valence-electron chi connectivity index (χ2n) is 7.25. The van der Waals surface area contributed by atoms with E-state index in [4.69, 9.17) is 4.74 Å². The van der Waals surface area contributed by atoms with E-state index in [1.165, 1.54) is 29.9 Å². The standard InChI is InChI=1S/C24H24FN3O5/c1-3-33-21(30)14-19(26-24(32)27-22-20(29)11-12-28(2)23(22)31)17-13-16(9-10-18(17)25)15-7-5-4-6-8-15/h4-13,19,29H,3,14H2,1-2H3,(H2,26,27,32)/t19-/m0/s1. The van der Waals surface area contributed by atoms with Crippen LogP contribution in [0.4, 0.5) is 14.9 Å². The van der Waals surface area contributed by atoms with Gasteiger partial charge in [0, 0.05) is 18.8 Å². The highest BCUT2D eigenvalue weighted by Gasteiger charge is 2.24. The third-order valence-electron chi connectivity index (χ3n) is 4.94. The van der Waals surface area contributed by atoms with Crippen molar-refractivity contribution < 1.29 is 23.8 Å². The van der Waals surface area contributed by atoms with Gasteiger partial charge in [-0.2, -0.15) is 0 Å². The number of amides is 2. The lowest BCUT2D eigenvalue weighted by molar-refractivity contribution is -0.143. The average Bonchev–Trinajstić information content (AvgIpc) is 2.80. The quantitative estimate of drug-likeness (QED) is 0.473. The van der Waals surface area contributed by atoms with Crippen LogP contribution in [0.1, 0.15) is 24.9 Å². The molecule has 3 N–H and O–H groups in total. The van der Waals surface area contributed by atoms with Crippen molar-refractivity contribution >= 4 is 17.7 Å². The Bertz CT molecular complexity index is 1210. The van der Waals surface area contributed by atoms with Crippen molar-refractivity contribution in [2.75, 3.05) is 11.9 Å². The fourth-order valence-corrected chi connectivity index (χ4v) is 3.29. The first-order valence-electron chi connectivity index (χ1n) is 10.3.